The summed E-state index contributed by atoms with van der Waals surface area (Å²) in [6.45, 7) is 0. The Morgan fingerprint density at radius 3 is 2.52 bits per heavy atom. The summed E-state index contributed by atoms with van der Waals surface area (Å²) in [5.41, 5.74) is 2.32. The maximum absolute atomic E-state index is 12.9. The second-order valence-electron chi connectivity index (χ2n) is 4.21. The van der Waals surface area contributed by atoms with E-state index in [1.54, 1.807) is 18.2 Å². The lowest BCUT2D eigenvalue weighted by Gasteiger charge is -2.03. The monoisotopic (exact) mass is 320 g/mol. The number of benzene rings is 1. The van der Waals surface area contributed by atoms with E-state index in [1.807, 2.05) is 11.4 Å². The average molecular weight is 321 g/mol. The Morgan fingerprint density at radius 1 is 1.10 bits per heavy atom. The van der Waals surface area contributed by atoms with E-state index in [0.717, 1.165) is 16.4 Å². The van der Waals surface area contributed by atoms with Gasteiger partial charge in [-0.1, -0.05) is 0 Å². The highest BCUT2D eigenvalue weighted by atomic mass is 35.5. The molecule has 106 valence electrons. The van der Waals surface area contributed by atoms with Gasteiger partial charge in [0.05, 0.1) is 17.3 Å². The van der Waals surface area contributed by atoms with E-state index in [-0.39, 0.29) is 5.82 Å². The summed E-state index contributed by atoms with van der Waals surface area (Å²) in [5.74, 6) is 0.702. The van der Waals surface area contributed by atoms with Crippen LogP contribution < -0.4 is 5.32 Å². The van der Waals surface area contributed by atoms with Crippen LogP contribution in [0.4, 0.5) is 15.3 Å². The molecule has 7 heteroatoms. The third kappa shape index (κ3) is 3.34. The third-order valence-electron chi connectivity index (χ3n) is 2.73. The summed E-state index contributed by atoms with van der Waals surface area (Å²) >= 11 is 7.16. The molecule has 0 aliphatic rings. The quantitative estimate of drug-likeness (QED) is 0.731. The Balaban J connectivity index is 1.76. The Kier molecular flexibility index (Phi) is 4.08. The first kappa shape index (κ1) is 13.9. The Morgan fingerprint density at radius 2 is 1.90 bits per heavy atom. The van der Waals surface area contributed by atoms with Crippen molar-refractivity contribution in [3.05, 3.63) is 53.3 Å². The number of aromatic nitrogens is 3. The van der Waals surface area contributed by atoms with Gasteiger partial charge in [-0.2, -0.15) is 0 Å². The molecule has 3 aromatic rings. The lowest BCUT2D eigenvalue weighted by atomic mass is 10.1. The zero-order valence-electron chi connectivity index (χ0n) is 10.8. The van der Waals surface area contributed by atoms with Crippen LogP contribution in [0.15, 0.2) is 41.8 Å². The zero-order valence-corrected chi connectivity index (χ0v) is 12.3. The zero-order chi connectivity index (χ0) is 14.7. The summed E-state index contributed by atoms with van der Waals surface area (Å²) in [5, 5.41) is 13.9. The molecule has 0 aliphatic carbocycles. The van der Waals surface area contributed by atoms with Crippen molar-refractivity contribution < 1.29 is 4.39 Å². The molecule has 0 fully saturated rings. The minimum absolute atomic E-state index is 0.274. The van der Waals surface area contributed by atoms with Crippen molar-refractivity contribution in [3.63, 3.8) is 0 Å². The summed E-state index contributed by atoms with van der Waals surface area (Å²) in [7, 11) is 0. The van der Waals surface area contributed by atoms with Gasteiger partial charge >= 0.3 is 0 Å². The molecule has 0 aliphatic heterocycles. The lowest BCUT2D eigenvalue weighted by molar-refractivity contribution is 0.628. The lowest BCUT2D eigenvalue weighted by Crippen LogP contribution is -1.96. The van der Waals surface area contributed by atoms with E-state index in [2.05, 4.69) is 20.5 Å². The van der Waals surface area contributed by atoms with Crippen LogP contribution in [0.2, 0.25) is 0 Å². The van der Waals surface area contributed by atoms with Crippen LogP contribution in [0.1, 0.15) is 5.69 Å². The predicted octanol–water partition coefficient (Wildman–Crippen LogP) is 4.22. The molecule has 2 aromatic heterocycles. The fourth-order valence-corrected chi connectivity index (χ4v) is 2.65. The van der Waals surface area contributed by atoms with Gasteiger partial charge in [-0.05, 0) is 36.4 Å². The molecule has 0 saturated carbocycles. The Bertz CT molecular complexity index is 727. The number of nitrogens with zero attached hydrogens (tertiary/aromatic N) is 3. The highest BCUT2D eigenvalue weighted by molar-refractivity contribution is 7.13. The molecular formula is C14H10ClFN4S. The molecule has 0 bridgehead atoms. The van der Waals surface area contributed by atoms with Crippen molar-refractivity contribution in [2.75, 3.05) is 5.32 Å². The van der Waals surface area contributed by atoms with Crippen LogP contribution in [0, 0.1) is 5.82 Å². The first-order valence-corrected chi connectivity index (χ1v) is 7.53. The van der Waals surface area contributed by atoms with Gasteiger partial charge in [0.15, 0.2) is 10.9 Å². The number of thiazole rings is 1. The summed E-state index contributed by atoms with van der Waals surface area (Å²) in [4.78, 5) is 4.28. The Hall–Kier alpha value is -2.05. The normalized spacial score (nSPS) is 10.6. The number of hydrogen-bond donors (Lipinski definition) is 1. The van der Waals surface area contributed by atoms with Crippen molar-refractivity contribution in [1.29, 1.82) is 0 Å². The number of rotatable bonds is 4. The molecule has 1 aromatic carbocycles. The van der Waals surface area contributed by atoms with Crippen molar-refractivity contribution in [2.24, 2.45) is 0 Å². The van der Waals surface area contributed by atoms with Gasteiger partial charge in [-0.3, -0.25) is 0 Å². The van der Waals surface area contributed by atoms with Crippen LogP contribution in [0.3, 0.4) is 0 Å². The van der Waals surface area contributed by atoms with Gasteiger partial charge < -0.3 is 5.32 Å². The summed E-state index contributed by atoms with van der Waals surface area (Å²) in [6, 6.07) is 9.74. The highest BCUT2D eigenvalue weighted by Gasteiger charge is 2.04. The van der Waals surface area contributed by atoms with Crippen molar-refractivity contribution in [3.8, 4) is 11.3 Å². The van der Waals surface area contributed by atoms with Crippen LogP contribution in [0.5, 0.6) is 0 Å². The topological polar surface area (TPSA) is 50.7 Å². The van der Waals surface area contributed by atoms with Crippen molar-refractivity contribution >= 4 is 33.9 Å². The van der Waals surface area contributed by atoms with E-state index < -0.39 is 0 Å². The van der Waals surface area contributed by atoms with Crippen LogP contribution in [-0.2, 0) is 5.88 Å². The summed E-state index contributed by atoms with van der Waals surface area (Å²) in [6.07, 6.45) is 0. The second-order valence-corrected chi connectivity index (χ2v) is 5.34. The van der Waals surface area contributed by atoms with Gasteiger partial charge in [-0.15, -0.1) is 33.1 Å². The molecule has 1 N–H and O–H groups in total. The largest absolute Gasteiger partial charge is 0.315 e. The predicted molar refractivity (Wildman–Crippen MR) is 82.4 cm³/mol. The molecule has 2 heterocycles. The average Bonchev–Trinajstić information content (AvgIpc) is 2.97. The van der Waals surface area contributed by atoms with E-state index in [9.17, 15) is 4.39 Å². The van der Waals surface area contributed by atoms with Gasteiger partial charge in [0, 0.05) is 10.9 Å². The standard InChI is InChI=1S/C14H10ClFN4S/c15-7-11-8-21-14(17-11)18-13-6-5-12(19-20-13)9-1-3-10(16)4-2-9/h1-6,8H,7H2,(H,17,18,20). The van der Waals surface area contributed by atoms with Crippen LogP contribution in [0.25, 0.3) is 11.3 Å². The maximum Gasteiger partial charge on any atom is 0.188 e. The SMILES string of the molecule is Fc1ccc(-c2ccc(Nc3nc(CCl)cs3)nn2)cc1. The number of nitrogens with one attached hydrogen (secondary N) is 1. The second kappa shape index (κ2) is 6.15. The molecule has 21 heavy (non-hydrogen) atoms. The molecule has 0 unspecified atom stereocenters. The summed E-state index contributed by atoms with van der Waals surface area (Å²) < 4.78 is 12.9. The molecule has 0 radical (unpaired) electrons. The number of alkyl halides is 1. The minimum Gasteiger partial charge on any atom is -0.315 e. The van der Waals surface area contributed by atoms with E-state index in [4.69, 9.17) is 11.6 Å². The molecule has 4 nitrogen and oxygen atoms in total. The van der Waals surface area contributed by atoms with Gasteiger partial charge in [-0.25, -0.2) is 9.37 Å². The number of halogens is 2. The maximum atomic E-state index is 12.9. The molecular weight excluding hydrogens is 311 g/mol. The third-order valence-corrected chi connectivity index (χ3v) is 3.81. The fraction of sp³-hybridized carbons (Fsp3) is 0.0714. The Labute approximate surface area is 129 Å². The van der Waals surface area contributed by atoms with Crippen molar-refractivity contribution in [2.45, 2.75) is 5.88 Å². The molecule has 0 amide bonds. The highest BCUT2D eigenvalue weighted by Crippen LogP contribution is 2.22. The smallest absolute Gasteiger partial charge is 0.188 e. The van der Waals surface area contributed by atoms with Crippen molar-refractivity contribution in [1.82, 2.24) is 15.2 Å². The van der Waals surface area contributed by atoms with Gasteiger partial charge in [0.2, 0.25) is 0 Å². The van der Waals surface area contributed by atoms with Gasteiger partial charge in [0.25, 0.3) is 0 Å². The molecule has 0 spiro atoms. The molecule has 0 atom stereocenters. The number of hydrogen-bond acceptors (Lipinski definition) is 5. The fourth-order valence-electron chi connectivity index (χ4n) is 1.71. The van der Waals surface area contributed by atoms with Crippen LogP contribution in [-0.4, -0.2) is 15.2 Å². The van der Waals surface area contributed by atoms with Gasteiger partial charge in [0.1, 0.15) is 5.82 Å². The first-order chi connectivity index (χ1) is 10.2. The number of anilines is 2. The van der Waals surface area contributed by atoms with E-state index >= 15 is 0 Å². The molecule has 0 saturated heterocycles. The first-order valence-electron chi connectivity index (χ1n) is 6.11. The van der Waals surface area contributed by atoms with E-state index in [0.29, 0.717) is 17.4 Å². The van der Waals surface area contributed by atoms with Crippen LogP contribution >= 0.6 is 22.9 Å². The molecule has 3 rings (SSSR count). The van der Waals surface area contributed by atoms with E-state index in [1.165, 1.54) is 23.5 Å². The minimum atomic E-state index is -0.274.